The molecule has 0 aliphatic carbocycles. The van der Waals surface area contributed by atoms with Crippen LogP contribution in [0.3, 0.4) is 0 Å². The Morgan fingerprint density at radius 2 is 2.00 bits per heavy atom. The van der Waals surface area contributed by atoms with Crippen LogP contribution in [0.2, 0.25) is 0 Å². The molecule has 1 fully saturated rings. The van der Waals surface area contributed by atoms with Gasteiger partial charge in [-0.1, -0.05) is 18.2 Å². The van der Waals surface area contributed by atoms with E-state index in [-0.39, 0.29) is 6.04 Å². The standard InChI is InChI=1S/C12H14F3N/c13-12(14,15)11-6-2-1-4-9(11)8-10-5-3-7-16-10/h1-2,4,6,10,16H,3,5,7-8H2. The molecule has 1 nitrogen and oxygen atoms in total. The third-order valence-corrected chi connectivity index (χ3v) is 2.95. The molecule has 1 aliphatic rings. The Labute approximate surface area is 92.7 Å². The van der Waals surface area contributed by atoms with Gasteiger partial charge in [-0.15, -0.1) is 0 Å². The lowest BCUT2D eigenvalue weighted by atomic mass is 9.99. The van der Waals surface area contributed by atoms with E-state index in [9.17, 15) is 13.2 Å². The van der Waals surface area contributed by atoms with Crippen molar-refractivity contribution >= 4 is 0 Å². The fraction of sp³-hybridized carbons (Fsp3) is 0.500. The summed E-state index contributed by atoms with van der Waals surface area (Å²) in [6.45, 7) is 0.916. The Balaban J connectivity index is 2.19. The Kier molecular flexibility index (Phi) is 3.19. The Bertz CT molecular complexity index is 354. The molecule has 0 bridgehead atoms. The van der Waals surface area contributed by atoms with Crippen LogP contribution in [-0.4, -0.2) is 12.6 Å². The second kappa shape index (κ2) is 4.45. The van der Waals surface area contributed by atoms with Crippen LogP contribution in [0.5, 0.6) is 0 Å². The number of benzene rings is 1. The first kappa shape index (κ1) is 11.5. The zero-order valence-electron chi connectivity index (χ0n) is 8.85. The maximum Gasteiger partial charge on any atom is 0.416 e. The van der Waals surface area contributed by atoms with Crippen LogP contribution >= 0.6 is 0 Å². The molecule has 88 valence electrons. The highest BCUT2D eigenvalue weighted by molar-refractivity contribution is 5.30. The Morgan fingerprint density at radius 1 is 1.25 bits per heavy atom. The molecule has 1 heterocycles. The molecule has 1 saturated heterocycles. The van der Waals surface area contributed by atoms with Gasteiger partial charge in [0.1, 0.15) is 0 Å². The quantitative estimate of drug-likeness (QED) is 0.822. The van der Waals surface area contributed by atoms with Gasteiger partial charge in [-0.2, -0.15) is 13.2 Å². The molecule has 1 aromatic carbocycles. The van der Waals surface area contributed by atoms with Gasteiger partial charge in [0.2, 0.25) is 0 Å². The molecule has 1 atom stereocenters. The summed E-state index contributed by atoms with van der Waals surface area (Å²) in [6, 6.07) is 6.03. The van der Waals surface area contributed by atoms with Gasteiger partial charge in [-0.05, 0) is 37.4 Å². The molecule has 0 amide bonds. The zero-order chi connectivity index (χ0) is 11.6. The van der Waals surface area contributed by atoms with E-state index in [0.29, 0.717) is 12.0 Å². The van der Waals surface area contributed by atoms with E-state index >= 15 is 0 Å². The first-order valence-corrected chi connectivity index (χ1v) is 5.46. The van der Waals surface area contributed by atoms with Crippen LogP contribution in [-0.2, 0) is 12.6 Å². The van der Waals surface area contributed by atoms with Crippen molar-refractivity contribution in [3.05, 3.63) is 35.4 Å². The lowest BCUT2D eigenvalue weighted by Gasteiger charge is -2.15. The van der Waals surface area contributed by atoms with Crippen LogP contribution in [0.1, 0.15) is 24.0 Å². The maximum absolute atomic E-state index is 12.7. The first-order chi connectivity index (χ1) is 7.57. The van der Waals surface area contributed by atoms with Crippen molar-refractivity contribution in [2.75, 3.05) is 6.54 Å². The van der Waals surface area contributed by atoms with E-state index in [2.05, 4.69) is 5.32 Å². The summed E-state index contributed by atoms with van der Waals surface area (Å²) in [6.07, 6.45) is -1.75. The summed E-state index contributed by atoms with van der Waals surface area (Å²) in [5, 5.41) is 3.22. The van der Waals surface area contributed by atoms with Gasteiger partial charge in [0.05, 0.1) is 5.56 Å². The molecule has 0 saturated carbocycles. The SMILES string of the molecule is FC(F)(F)c1ccccc1CC1CCCN1. The normalized spacial score (nSPS) is 21.3. The fourth-order valence-corrected chi connectivity index (χ4v) is 2.17. The number of halogens is 3. The molecule has 0 radical (unpaired) electrons. The average Bonchev–Trinajstić information content (AvgIpc) is 2.70. The highest BCUT2D eigenvalue weighted by Crippen LogP contribution is 2.32. The minimum absolute atomic E-state index is 0.198. The van der Waals surface area contributed by atoms with E-state index in [0.717, 1.165) is 25.5 Å². The van der Waals surface area contributed by atoms with E-state index in [1.165, 1.54) is 6.07 Å². The highest BCUT2D eigenvalue weighted by Gasteiger charge is 2.33. The van der Waals surface area contributed by atoms with Crippen molar-refractivity contribution < 1.29 is 13.2 Å². The topological polar surface area (TPSA) is 12.0 Å². The van der Waals surface area contributed by atoms with Gasteiger partial charge in [0, 0.05) is 6.04 Å². The van der Waals surface area contributed by atoms with Crippen molar-refractivity contribution in [1.29, 1.82) is 0 Å². The van der Waals surface area contributed by atoms with Crippen LogP contribution in [0.25, 0.3) is 0 Å². The average molecular weight is 229 g/mol. The predicted octanol–water partition coefficient (Wildman–Crippen LogP) is 3.00. The van der Waals surface area contributed by atoms with Gasteiger partial charge in [-0.25, -0.2) is 0 Å². The largest absolute Gasteiger partial charge is 0.416 e. The van der Waals surface area contributed by atoms with Crippen LogP contribution in [0.15, 0.2) is 24.3 Å². The smallest absolute Gasteiger partial charge is 0.314 e. The van der Waals surface area contributed by atoms with Crippen LogP contribution < -0.4 is 5.32 Å². The molecule has 0 spiro atoms. The van der Waals surface area contributed by atoms with E-state index < -0.39 is 11.7 Å². The van der Waals surface area contributed by atoms with E-state index in [4.69, 9.17) is 0 Å². The summed E-state index contributed by atoms with van der Waals surface area (Å²) in [5.74, 6) is 0. The van der Waals surface area contributed by atoms with Gasteiger partial charge >= 0.3 is 6.18 Å². The summed E-state index contributed by atoms with van der Waals surface area (Å²) in [4.78, 5) is 0. The van der Waals surface area contributed by atoms with E-state index in [1.54, 1.807) is 12.1 Å². The molecule has 16 heavy (non-hydrogen) atoms. The molecule has 1 aromatic rings. The van der Waals surface area contributed by atoms with Gasteiger partial charge in [0.25, 0.3) is 0 Å². The number of hydrogen-bond donors (Lipinski definition) is 1. The molecule has 1 unspecified atom stereocenters. The molecular weight excluding hydrogens is 215 g/mol. The summed E-state index contributed by atoms with van der Waals surface area (Å²) < 4.78 is 38.1. The predicted molar refractivity (Wildman–Crippen MR) is 56.2 cm³/mol. The van der Waals surface area contributed by atoms with Crippen molar-refractivity contribution in [1.82, 2.24) is 5.32 Å². The lowest BCUT2D eigenvalue weighted by molar-refractivity contribution is -0.138. The van der Waals surface area contributed by atoms with Crippen LogP contribution in [0.4, 0.5) is 13.2 Å². The minimum atomic E-state index is -4.24. The molecule has 2 rings (SSSR count). The summed E-state index contributed by atoms with van der Waals surface area (Å²) >= 11 is 0. The zero-order valence-corrected chi connectivity index (χ0v) is 8.85. The molecule has 0 aromatic heterocycles. The van der Waals surface area contributed by atoms with Crippen LogP contribution in [0, 0.1) is 0 Å². The summed E-state index contributed by atoms with van der Waals surface area (Å²) in [7, 11) is 0. The second-order valence-corrected chi connectivity index (χ2v) is 4.15. The van der Waals surface area contributed by atoms with Gasteiger partial charge in [0.15, 0.2) is 0 Å². The number of rotatable bonds is 2. The lowest BCUT2D eigenvalue weighted by Crippen LogP contribution is -2.25. The number of nitrogens with one attached hydrogen (secondary N) is 1. The second-order valence-electron chi connectivity index (χ2n) is 4.15. The van der Waals surface area contributed by atoms with Crippen molar-refractivity contribution in [2.45, 2.75) is 31.5 Å². The minimum Gasteiger partial charge on any atom is -0.314 e. The Hall–Kier alpha value is -1.03. The highest BCUT2D eigenvalue weighted by atomic mass is 19.4. The molecule has 4 heteroatoms. The summed E-state index contributed by atoms with van der Waals surface area (Å²) in [5.41, 5.74) is -0.0990. The van der Waals surface area contributed by atoms with Gasteiger partial charge in [-0.3, -0.25) is 0 Å². The molecule has 1 N–H and O–H groups in total. The maximum atomic E-state index is 12.7. The third-order valence-electron chi connectivity index (χ3n) is 2.95. The van der Waals surface area contributed by atoms with Crippen molar-refractivity contribution in [2.24, 2.45) is 0 Å². The monoisotopic (exact) mass is 229 g/mol. The number of hydrogen-bond acceptors (Lipinski definition) is 1. The van der Waals surface area contributed by atoms with E-state index in [1.807, 2.05) is 0 Å². The Morgan fingerprint density at radius 3 is 2.62 bits per heavy atom. The van der Waals surface area contributed by atoms with Gasteiger partial charge < -0.3 is 5.32 Å². The van der Waals surface area contributed by atoms with Crippen molar-refractivity contribution in [3.8, 4) is 0 Å². The number of alkyl halides is 3. The first-order valence-electron chi connectivity index (χ1n) is 5.46. The van der Waals surface area contributed by atoms with Crippen molar-refractivity contribution in [3.63, 3.8) is 0 Å². The molecular formula is C12H14F3N. The molecule has 1 aliphatic heterocycles. The fourth-order valence-electron chi connectivity index (χ4n) is 2.17. The third kappa shape index (κ3) is 2.55.